The fraction of sp³-hybridized carbons (Fsp3) is 0.364. The molecule has 2 aromatic heterocycles. The number of carboxylic acids is 1. The molecular formula is C11H12ClN3O2. The molecule has 2 rings (SSSR count). The van der Waals surface area contributed by atoms with E-state index < -0.39 is 5.97 Å². The highest BCUT2D eigenvalue weighted by Gasteiger charge is 2.22. The minimum absolute atomic E-state index is 0.0734. The third-order valence-electron chi connectivity index (χ3n) is 2.72. The summed E-state index contributed by atoms with van der Waals surface area (Å²) in [6.07, 6.45) is 0.696. The summed E-state index contributed by atoms with van der Waals surface area (Å²) in [4.78, 5) is 19.8. The molecular weight excluding hydrogens is 242 g/mol. The molecule has 90 valence electrons. The average molecular weight is 254 g/mol. The number of halogens is 1. The first kappa shape index (κ1) is 11.9. The molecule has 0 spiro atoms. The largest absolute Gasteiger partial charge is 0.478 e. The number of nitrogens with zero attached hydrogens (tertiary/aromatic N) is 3. The summed E-state index contributed by atoms with van der Waals surface area (Å²) in [6, 6.07) is 0. The number of carboxylic acid groups (broad SMARTS) is 1. The topological polar surface area (TPSA) is 68.0 Å². The van der Waals surface area contributed by atoms with Crippen LogP contribution in [0.25, 0.3) is 11.0 Å². The van der Waals surface area contributed by atoms with Crippen LogP contribution in [0.5, 0.6) is 0 Å². The Hall–Kier alpha value is -1.62. The van der Waals surface area contributed by atoms with E-state index in [4.69, 9.17) is 11.6 Å². The summed E-state index contributed by atoms with van der Waals surface area (Å²) in [6.45, 7) is 3.72. The van der Waals surface area contributed by atoms with E-state index in [1.54, 1.807) is 18.5 Å². The number of aryl methyl sites for hydroxylation is 3. The highest BCUT2D eigenvalue weighted by molar-refractivity contribution is 6.35. The number of fused-ring (bicyclic) bond motifs is 1. The molecule has 1 N–H and O–H groups in total. The van der Waals surface area contributed by atoms with Gasteiger partial charge in [-0.25, -0.2) is 14.8 Å². The predicted molar refractivity (Wildman–Crippen MR) is 64.6 cm³/mol. The van der Waals surface area contributed by atoms with Gasteiger partial charge in [0, 0.05) is 13.5 Å². The summed E-state index contributed by atoms with van der Waals surface area (Å²) in [5.74, 6) is -0.374. The number of carbonyl (C=O) groups is 1. The van der Waals surface area contributed by atoms with Gasteiger partial charge >= 0.3 is 5.97 Å². The quantitative estimate of drug-likeness (QED) is 0.891. The van der Waals surface area contributed by atoms with Crippen LogP contribution in [0.1, 0.15) is 28.8 Å². The minimum atomic E-state index is -1.06. The summed E-state index contributed by atoms with van der Waals surface area (Å²) in [7, 11) is 1.70. The first-order chi connectivity index (χ1) is 7.97. The van der Waals surface area contributed by atoms with E-state index in [2.05, 4.69) is 9.97 Å². The van der Waals surface area contributed by atoms with E-state index >= 15 is 0 Å². The van der Waals surface area contributed by atoms with Crippen LogP contribution in [-0.4, -0.2) is 25.6 Å². The summed E-state index contributed by atoms with van der Waals surface area (Å²) in [5, 5.41) is 9.87. The molecule has 0 aliphatic rings. The number of hydrogen-bond acceptors (Lipinski definition) is 3. The lowest BCUT2D eigenvalue weighted by molar-refractivity contribution is 0.0699. The van der Waals surface area contributed by atoms with Crippen LogP contribution >= 0.6 is 11.6 Å². The highest BCUT2D eigenvalue weighted by atomic mass is 35.5. The summed E-state index contributed by atoms with van der Waals surface area (Å²) >= 11 is 6.01. The lowest BCUT2D eigenvalue weighted by Crippen LogP contribution is -2.00. The van der Waals surface area contributed by atoms with E-state index in [9.17, 15) is 9.90 Å². The Labute approximate surface area is 103 Å². The number of aromatic nitrogens is 3. The molecule has 0 saturated heterocycles. The molecule has 0 radical (unpaired) electrons. The maximum atomic E-state index is 11.2. The summed E-state index contributed by atoms with van der Waals surface area (Å²) < 4.78 is 1.58. The van der Waals surface area contributed by atoms with Gasteiger partial charge < -0.3 is 9.67 Å². The monoisotopic (exact) mass is 253 g/mol. The van der Waals surface area contributed by atoms with Gasteiger partial charge in [0.2, 0.25) is 0 Å². The van der Waals surface area contributed by atoms with E-state index in [-0.39, 0.29) is 10.7 Å². The van der Waals surface area contributed by atoms with Gasteiger partial charge in [-0.2, -0.15) is 0 Å². The zero-order valence-corrected chi connectivity index (χ0v) is 10.5. The van der Waals surface area contributed by atoms with E-state index in [1.165, 1.54) is 0 Å². The predicted octanol–water partition coefficient (Wildman–Crippen LogP) is 2.19. The standard InChI is InChI=1S/C11H12ClN3O2/c1-4-6-13-5(2)7-8(11(16)17)9(12)15(3)10(7)14-6/h4H2,1-3H3,(H,16,17). The Bertz CT molecular complexity index is 619. The Morgan fingerprint density at radius 2 is 2.12 bits per heavy atom. The van der Waals surface area contributed by atoms with Crippen molar-refractivity contribution in [2.24, 2.45) is 7.05 Å². The van der Waals surface area contributed by atoms with Crippen molar-refractivity contribution in [1.29, 1.82) is 0 Å². The van der Waals surface area contributed by atoms with Gasteiger partial charge in [0.05, 0.1) is 11.1 Å². The first-order valence-electron chi connectivity index (χ1n) is 5.22. The summed E-state index contributed by atoms with van der Waals surface area (Å²) in [5.41, 5.74) is 1.29. The van der Waals surface area contributed by atoms with Crippen molar-refractivity contribution in [3.8, 4) is 0 Å². The van der Waals surface area contributed by atoms with Gasteiger partial charge in [-0.05, 0) is 6.92 Å². The van der Waals surface area contributed by atoms with E-state index in [1.807, 2.05) is 6.92 Å². The van der Waals surface area contributed by atoms with Crippen molar-refractivity contribution in [3.05, 3.63) is 22.2 Å². The fourth-order valence-corrected chi connectivity index (χ4v) is 2.12. The van der Waals surface area contributed by atoms with Crippen molar-refractivity contribution in [2.45, 2.75) is 20.3 Å². The Morgan fingerprint density at radius 1 is 1.47 bits per heavy atom. The van der Waals surface area contributed by atoms with Crippen molar-refractivity contribution in [1.82, 2.24) is 14.5 Å². The molecule has 0 aliphatic carbocycles. The van der Waals surface area contributed by atoms with Crippen LogP contribution in [0.3, 0.4) is 0 Å². The number of hydrogen-bond donors (Lipinski definition) is 1. The zero-order valence-electron chi connectivity index (χ0n) is 9.78. The second-order valence-electron chi connectivity index (χ2n) is 3.81. The Morgan fingerprint density at radius 3 is 2.65 bits per heavy atom. The Kier molecular flexibility index (Phi) is 2.79. The maximum absolute atomic E-state index is 11.2. The number of rotatable bonds is 2. The average Bonchev–Trinajstić information content (AvgIpc) is 2.53. The normalized spacial score (nSPS) is 11.1. The molecule has 0 aliphatic heterocycles. The van der Waals surface area contributed by atoms with Gasteiger partial charge in [0.15, 0.2) is 0 Å². The third-order valence-corrected chi connectivity index (χ3v) is 3.16. The van der Waals surface area contributed by atoms with Gasteiger partial charge in [-0.3, -0.25) is 0 Å². The van der Waals surface area contributed by atoms with Crippen LogP contribution in [0.2, 0.25) is 5.15 Å². The molecule has 5 nitrogen and oxygen atoms in total. The lowest BCUT2D eigenvalue weighted by atomic mass is 10.2. The van der Waals surface area contributed by atoms with Crippen LogP contribution in [0.15, 0.2) is 0 Å². The molecule has 17 heavy (non-hydrogen) atoms. The molecule has 0 atom stereocenters. The van der Waals surface area contributed by atoms with Gasteiger partial charge in [-0.1, -0.05) is 18.5 Å². The van der Waals surface area contributed by atoms with E-state index in [0.717, 1.165) is 0 Å². The molecule has 2 heterocycles. The molecule has 0 bridgehead atoms. The van der Waals surface area contributed by atoms with Crippen LogP contribution in [0, 0.1) is 6.92 Å². The van der Waals surface area contributed by atoms with Crippen molar-refractivity contribution >= 4 is 28.6 Å². The number of aromatic carboxylic acids is 1. The van der Waals surface area contributed by atoms with Crippen molar-refractivity contribution < 1.29 is 9.90 Å². The molecule has 2 aromatic rings. The first-order valence-corrected chi connectivity index (χ1v) is 5.59. The molecule has 0 unspecified atom stereocenters. The molecule has 0 aromatic carbocycles. The second kappa shape index (κ2) is 4.00. The third kappa shape index (κ3) is 1.67. The van der Waals surface area contributed by atoms with Crippen molar-refractivity contribution in [2.75, 3.05) is 0 Å². The molecule has 0 amide bonds. The smallest absolute Gasteiger partial charge is 0.339 e. The van der Waals surface area contributed by atoms with Crippen LogP contribution < -0.4 is 0 Å². The maximum Gasteiger partial charge on any atom is 0.339 e. The minimum Gasteiger partial charge on any atom is -0.478 e. The SMILES string of the molecule is CCc1nc(C)c2c(C(=O)O)c(Cl)n(C)c2n1. The van der Waals surface area contributed by atoms with E-state index in [0.29, 0.717) is 29.0 Å². The lowest BCUT2D eigenvalue weighted by Gasteiger charge is -2.01. The van der Waals surface area contributed by atoms with Gasteiger partial charge in [0.1, 0.15) is 22.2 Å². The molecule has 0 fully saturated rings. The second-order valence-corrected chi connectivity index (χ2v) is 4.17. The van der Waals surface area contributed by atoms with Crippen LogP contribution in [-0.2, 0) is 13.5 Å². The molecule has 6 heteroatoms. The Balaban J connectivity index is 2.95. The fourth-order valence-electron chi connectivity index (χ4n) is 1.87. The van der Waals surface area contributed by atoms with Gasteiger partial charge in [0.25, 0.3) is 0 Å². The van der Waals surface area contributed by atoms with Crippen molar-refractivity contribution in [3.63, 3.8) is 0 Å². The van der Waals surface area contributed by atoms with Gasteiger partial charge in [-0.15, -0.1) is 0 Å². The molecule has 0 saturated carbocycles. The van der Waals surface area contributed by atoms with Crippen LogP contribution in [0.4, 0.5) is 0 Å². The highest BCUT2D eigenvalue weighted by Crippen LogP contribution is 2.29. The zero-order chi connectivity index (χ0) is 12.7.